The van der Waals surface area contributed by atoms with Crippen molar-refractivity contribution in [3.8, 4) is 11.4 Å². The van der Waals surface area contributed by atoms with Crippen LogP contribution in [0.15, 0.2) is 77.7 Å². The summed E-state index contributed by atoms with van der Waals surface area (Å²) in [5.41, 5.74) is -0.680. The lowest BCUT2D eigenvalue weighted by molar-refractivity contribution is -0.137. The number of hydrogen-bond donors (Lipinski definition) is 0. The van der Waals surface area contributed by atoms with E-state index in [-0.39, 0.29) is 27.4 Å². The van der Waals surface area contributed by atoms with E-state index in [0.717, 1.165) is 22.3 Å². The predicted octanol–water partition coefficient (Wildman–Crippen LogP) is 6.19. The van der Waals surface area contributed by atoms with Crippen LogP contribution in [0.2, 0.25) is 5.02 Å². The Morgan fingerprint density at radius 3 is 2.41 bits per heavy atom. The molecule has 0 unspecified atom stereocenters. The summed E-state index contributed by atoms with van der Waals surface area (Å²) < 4.78 is 46.0. The van der Waals surface area contributed by atoms with Gasteiger partial charge in [0.25, 0.3) is 5.56 Å². The van der Waals surface area contributed by atoms with E-state index in [1.54, 1.807) is 43.3 Å². The summed E-state index contributed by atoms with van der Waals surface area (Å²) in [4.78, 5) is 26.1. The molecule has 0 spiro atoms. The van der Waals surface area contributed by atoms with Crippen molar-refractivity contribution in [2.75, 3.05) is 0 Å². The van der Waals surface area contributed by atoms with Gasteiger partial charge in [0.1, 0.15) is 5.75 Å². The highest BCUT2D eigenvalue weighted by molar-refractivity contribution is 6.32. The third-order valence-electron chi connectivity index (χ3n) is 4.89. The first-order valence-corrected chi connectivity index (χ1v) is 9.83. The average molecular weight is 458 g/mol. The van der Waals surface area contributed by atoms with Gasteiger partial charge in [-0.2, -0.15) is 13.2 Å². The minimum absolute atomic E-state index is 0.00943. The number of ether oxygens (including phenoxy) is 1. The Hall–Kier alpha value is -3.58. The van der Waals surface area contributed by atoms with Crippen molar-refractivity contribution in [1.82, 2.24) is 4.57 Å². The summed E-state index contributed by atoms with van der Waals surface area (Å²) in [7, 11) is 0. The fourth-order valence-electron chi connectivity index (χ4n) is 3.32. The molecule has 0 aliphatic carbocycles. The van der Waals surface area contributed by atoms with Crippen LogP contribution >= 0.6 is 11.6 Å². The Labute approximate surface area is 185 Å². The minimum atomic E-state index is -4.58. The van der Waals surface area contributed by atoms with Gasteiger partial charge < -0.3 is 4.74 Å². The molecule has 0 amide bonds. The lowest BCUT2D eigenvalue weighted by Gasteiger charge is -2.14. The lowest BCUT2D eigenvalue weighted by Crippen LogP contribution is -2.22. The molecule has 0 bridgehead atoms. The molecule has 0 aliphatic rings. The number of aromatic nitrogens is 1. The van der Waals surface area contributed by atoms with Gasteiger partial charge >= 0.3 is 12.1 Å². The van der Waals surface area contributed by atoms with Crippen molar-refractivity contribution < 1.29 is 22.7 Å². The minimum Gasteiger partial charge on any atom is -0.421 e. The van der Waals surface area contributed by atoms with Crippen molar-refractivity contribution >= 4 is 28.3 Å². The van der Waals surface area contributed by atoms with E-state index in [2.05, 4.69) is 0 Å². The van der Waals surface area contributed by atoms with Gasteiger partial charge in [-0.15, -0.1) is 0 Å². The number of aryl methyl sites for hydroxylation is 1. The molecule has 4 aromatic rings. The molecule has 32 heavy (non-hydrogen) atoms. The molecule has 0 radical (unpaired) electrons. The fourth-order valence-corrected chi connectivity index (χ4v) is 3.48. The second kappa shape index (κ2) is 8.16. The zero-order chi connectivity index (χ0) is 23.0. The van der Waals surface area contributed by atoms with Gasteiger partial charge in [-0.05, 0) is 48.9 Å². The van der Waals surface area contributed by atoms with E-state index in [0.29, 0.717) is 5.39 Å². The van der Waals surface area contributed by atoms with Gasteiger partial charge in [0.2, 0.25) is 0 Å². The van der Waals surface area contributed by atoms with Crippen LogP contribution in [-0.2, 0) is 6.18 Å². The summed E-state index contributed by atoms with van der Waals surface area (Å²) in [6.45, 7) is 1.80. The molecular formula is C24H15ClF3NO3. The smallest absolute Gasteiger partial charge is 0.416 e. The quantitative estimate of drug-likeness (QED) is 0.272. The molecule has 0 aliphatic heterocycles. The van der Waals surface area contributed by atoms with Crippen molar-refractivity contribution in [2.24, 2.45) is 0 Å². The second-order valence-electron chi connectivity index (χ2n) is 7.13. The Morgan fingerprint density at radius 1 is 0.969 bits per heavy atom. The summed E-state index contributed by atoms with van der Waals surface area (Å²) in [5, 5.41) is 0.698. The molecule has 1 heterocycles. The van der Waals surface area contributed by atoms with Crippen molar-refractivity contribution in [2.45, 2.75) is 13.1 Å². The van der Waals surface area contributed by atoms with E-state index in [1.807, 2.05) is 0 Å². The Kier molecular flexibility index (Phi) is 5.52. The van der Waals surface area contributed by atoms with Gasteiger partial charge in [0.15, 0.2) is 0 Å². The number of carbonyl (C=O) groups excluding carboxylic acids is 1. The molecule has 0 saturated carbocycles. The van der Waals surface area contributed by atoms with E-state index in [4.69, 9.17) is 16.3 Å². The Bertz CT molecular complexity index is 1410. The van der Waals surface area contributed by atoms with Gasteiger partial charge in [0.05, 0.1) is 16.1 Å². The molecule has 0 N–H and O–H groups in total. The number of pyridine rings is 1. The van der Waals surface area contributed by atoms with E-state index in [1.165, 1.54) is 24.4 Å². The Balaban J connectivity index is 1.89. The zero-order valence-electron chi connectivity index (χ0n) is 16.6. The topological polar surface area (TPSA) is 48.3 Å². The first-order chi connectivity index (χ1) is 15.1. The maximum Gasteiger partial charge on any atom is 0.416 e. The van der Waals surface area contributed by atoms with Crippen LogP contribution in [0, 0.1) is 6.92 Å². The highest BCUT2D eigenvalue weighted by Crippen LogP contribution is 2.31. The average Bonchev–Trinajstić information content (AvgIpc) is 2.76. The van der Waals surface area contributed by atoms with Crippen LogP contribution in [0.25, 0.3) is 16.5 Å². The third-order valence-corrected chi connectivity index (χ3v) is 5.20. The monoisotopic (exact) mass is 457 g/mol. The molecule has 8 heteroatoms. The summed E-state index contributed by atoms with van der Waals surface area (Å²) >= 11 is 6.12. The van der Waals surface area contributed by atoms with Gasteiger partial charge in [-0.3, -0.25) is 9.36 Å². The molecular weight excluding hydrogens is 443 g/mol. The van der Waals surface area contributed by atoms with E-state index < -0.39 is 23.3 Å². The lowest BCUT2D eigenvalue weighted by atomic mass is 10.1. The van der Waals surface area contributed by atoms with Gasteiger partial charge in [-0.1, -0.05) is 41.9 Å². The van der Waals surface area contributed by atoms with Crippen LogP contribution < -0.4 is 10.3 Å². The second-order valence-corrected chi connectivity index (χ2v) is 7.54. The maximum atomic E-state index is 13.2. The molecule has 1 aromatic heterocycles. The summed E-state index contributed by atoms with van der Waals surface area (Å²) in [5.74, 6) is -0.660. The highest BCUT2D eigenvalue weighted by atomic mass is 35.5. The van der Waals surface area contributed by atoms with E-state index >= 15 is 0 Å². The summed E-state index contributed by atoms with van der Waals surface area (Å²) in [6, 6.07) is 15.6. The van der Waals surface area contributed by atoms with Crippen molar-refractivity contribution in [3.05, 3.63) is 105 Å². The Morgan fingerprint density at radius 2 is 1.69 bits per heavy atom. The van der Waals surface area contributed by atoms with Crippen LogP contribution in [-0.4, -0.2) is 10.5 Å². The van der Waals surface area contributed by atoms with Crippen molar-refractivity contribution in [1.29, 1.82) is 0 Å². The highest BCUT2D eigenvalue weighted by Gasteiger charge is 2.30. The molecule has 4 rings (SSSR count). The molecule has 3 aromatic carbocycles. The number of nitrogens with zero attached hydrogens (tertiary/aromatic N) is 1. The maximum absolute atomic E-state index is 13.2. The number of alkyl halides is 3. The molecule has 162 valence electrons. The number of rotatable bonds is 3. The number of benzene rings is 3. The first-order valence-electron chi connectivity index (χ1n) is 9.45. The molecule has 0 atom stereocenters. The molecule has 0 saturated heterocycles. The van der Waals surface area contributed by atoms with Gasteiger partial charge in [-0.25, -0.2) is 4.79 Å². The number of esters is 1. The van der Waals surface area contributed by atoms with Crippen LogP contribution in [0.1, 0.15) is 21.5 Å². The molecule has 4 nitrogen and oxygen atoms in total. The van der Waals surface area contributed by atoms with E-state index in [9.17, 15) is 22.8 Å². The normalized spacial score (nSPS) is 11.5. The van der Waals surface area contributed by atoms with Crippen LogP contribution in [0.4, 0.5) is 13.2 Å². The largest absolute Gasteiger partial charge is 0.421 e. The third kappa shape index (κ3) is 4.11. The first kappa shape index (κ1) is 21.6. The standard InChI is InChI=1S/C24H15ClF3NO3/c1-14-9-10-20(25)21(11-14)32-23(31)19-13-29(22(30)18-8-3-2-7-17(18)19)16-6-4-5-15(12-16)24(26,27)28/h2-13H,1H3. The SMILES string of the molecule is Cc1ccc(Cl)c(OC(=O)c2cn(-c3cccc(C(F)(F)F)c3)c(=O)c3ccccc23)c1. The van der Waals surface area contributed by atoms with Gasteiger partial charge in [0, 0.05) is 22.7 Å². The number of carbonyl (C=O) groups is 1. The number of halogens is 4. The fraction of sp³-hybridized carbons (Fsp3) is 0.0833. The van der Waals surface area contributed by atoms with Crippen molar-refractivity contribution in [3.63, 3.8) is 0 Å². The van der Waals surface area contributed by atoms with Crippen LogP contribution in [0.3, 0.4) is 0 Å². The summed E-state index contributed by atoms with van der Waals surface area (Å²) in [6.07, 6.45) is -3.40. The number of fused-ring (bicyclic) bond motifs is 1. The van der Waals surface area contributed by atoms with Crippen LogP contribution in [0.5, 0.6) is 5.75 Å². The predicted molar refractivity (Wildman–Crippen MR) is 116 cm³/mol. The zero-order valence-corrected chi connectivity index (χ0v) is 17.4. The number of hydrogen-bond acceptors (Lipinski definition) is 3. The molecule has 0 fully saturated rings.